The van der Waals surface area contributed by atoms with E-state index < -0.39 is 20.0 Å². The fourth-order valence-electron chi connectivity index (χ4n) is 6.17. The molecule has 1 amide bonds. The number of phosphoric acid groups is 1. The third kappa shape index (κ3) is 37.3. The first-order valence-electron chi connectivity index (χ1n) is 21.7. The average Bonchev–Trinajstić information content (AvgIpc) is 3.09. The number of nitrogens with zero attached hydrogens (tertiary/aromatic N) is 1. The molecule has 0 spiro atoms. The van der Waals surface area contributed by atoms with Gasteiger partial charge in [0.1, 0.15) is 13.2 Å². The van der Waals surface area contributed by atoms with Gasteiger partial charge in [-0.25, -0.2) is 4.57 Å². The number of hydrogen-bond acceptors (Lipinski definition) is 5. The summed E-state index contributed by atoms with van der Waals surface area (Å²) in [4.78, 5) is 22.8. The third-order valence-electron chi connectivity index (χ3n) is 9.67. The summed E-state index contributed by atoms with van der Waals surface area (Å²) in [6, 6.07) is -0.855. The third-order valence-corrected chi connectivity index (χ3v) is 10.7. The minimum Gasteiger partial charge on any atom is -0.387 e. The number of aliphatic hydroxyl groups excluding tert-OH is 1. The van der Waals surface area contributed by atoms with Gasteiger partial charge in [0, 0.05) is 6.42 Å². The fraction of sp³-hybridized carbons (Fsp3) is 0.884. The van der Waals surface area contributed by atoms with Crippen LogP contribution in [0.5, 0.6) is 0 Å². The minimum atomic E-state index is -4.33. The van der Waals surface area contributed by atoms with Gasteiger partial charge in [-0.05, 0) is 32.1 Å². The SMILES string of the molecule is CCCCCCCCCCCCCCCCCCCC/C=C/CC/C=C/C(O)C(COP(=O)(O)OCC[N+](C)(C)C)NC(=O)CCCCCCCC. The Morgan fingerprint density at radius 1 is 0.635 bits per heavy atom. The molecule has 0 saturated heterocycles. The van der Waals surface area contributed by atoms with Crippen molar-refractivity contribution in [2.75, 3.05) is 40.9 Å². The number of amides is 1. The number of aliphatic hydroxyl groups is 1. The second-order valence-corrected chi connectivity index (χ2v) is 17.5. The van der Waals surface area contributed by atoms with Crippen LogP contribution in [0.2, 0.25) is 0 Å². The lowest BCUT2D eigenvalue weighted by Gasteiger charge is -2.25. The molecule has 9 heteroatoms. The van der Waals surface area contributed by atoms with Crippen molar-refractivity contribution in [3.8, 4) is 0 Å². The Labute approximate surface area is 322 Å². The highest BCUT2D eigenvalue weighted by molar-refractivity contribution is 7.47. The van der Waals surface area contributed by atoms with E-state index in [1.54, 1.807) is 6.08 Å². The Kier molecular flexibility index (Phi) is 35.0. The molecule has 3 unspecified atom stereocenters. The van der Waals surface area contributed by atoms with Crippen molar-refractivity contribution in [3.05, 3.63) is 24.3 Å². The summed E-state index contributed by atoms with van der Waals surface area (Å²) >= 11 is 0. The molecule has 0 saturated carbocycles. The molecule has 0 radical (unpaired) electrons. The first-order valence-corrected chi connectivity index (χ1v) is 23.2. The molecule has 0 rings (SSSR count). The number of likely N-dealkylation sites (N-methyl/N-ethyl adjacent to an activating group) is 1. The molecule has 3 N–H and O–H groups in total. The lowest BCUT2D eigenvalue weighted by molar-refractivity contribution is -0.870. The quantitative estimate of drug-likeness (QED) is 0.0250. The maximum atomic E-state index is 12.7. The van der Waals surface area contributed by atoms with Gasteiger partial charge in [-0.1, -0.05) is 179 Å². The van der Waals surface area contributed by atoms with Crippen molar-refractivity contribution in [1.82, 2.24) is 5.32 Å². The molecule has 0 bridgehead atoms. The van der Waals surface area contributed by atoms with Crippen molar-refractivity contribution in [1.29, 1.82) is 0 Å². The Bertz CT molecular complexity index is 907. The van der Waals surface area contributed by atoms with E-state index in [0.717, 1.165) is 38.5 Å². The number of rotatable bonds is 39. The van der Waals surface area contributed by atoms with Gasteiger partial charge >= 0.3 is 7.82 Å². The Morgan fingerprint density at radius 2 is 1.06 bits per heavy atom. The highest BCUT2D eigenvalue weighted by atomic mass is 31.2. The molecule has 8 nitrogen and oxygen atoms in total. The summed E-state index contributed by atoms with van der Waals surface area (Å²) in [5.74, 6) is -0.196. The highest BCUT2D eigenvalue weighted by Crippen LogP contribution is 2.43. The van der Waals surface area contributed by atoms with Gasteiger partial charge in [0.15, 0.2) is 0 Å². The van der Waals surface area contributed by atoms with Crippen LogP contribution < -0.4 is 5.32 Å². The maximum Gasteiger partial charge on any atom is 0.472 e. The van der Waals surface area contributed by atoms with Crippen molar-refractivity contribution in [3.63, 3.8) is 0 Å². The van der Waals surface area contributed by atoms with E-state index in [2.05, 4.69) is 31.3 Å². The first kappa shape index (κ1) is 51.0. The van der Waals surface area contributed by atoms with Gasteiger partial charge in [-0.2, -0.15) is 0 Å². The number of allylic oxidation sites excluding steroid dienone is 3. The molecule has 0 aliphatic carbocycles. The summed E-state index contributed by atoms with van der Waals surface area (Å²) in [6.07, 6.45) is 41.5. The molecule has 0 heterocycles. The van der Waals surface area contributed by atoms with Crippen LogP contribution in [-0.2, 0) is 18.4 Å². The Morgan fingerprint density at radius 3 is 1.54 bits per heavy atom. The Balaban J connectivity index is 4.20. The number of carbonyl (C=O) groups excluding carboxylic acids is 1. The van der Waals surface area contributed by atoms with Gasteiger partial charge in [0.25, 0.3) is 0 Å². The van der Waals surface area contributed by atoms with E-state index in [9.17, 15) is 19.4 Å². The van der Waals surface area contributed by atoms with Crippen LogP contribution in [0.15, 0.2) is 24.3 Å². The Hall–Kier alpha value is -1.02. The van der Waals surface area contributed by atoms with Crippen LogP contribution in [-0.4, -0.2) is 73.4 Å². The van der Waals surface area contributed by atoms with Crippen molar-refractivity contribution >= 4 is 13.7 Å². The van der Waals surface area contributed by atoms with Crippen LogP contribution >= 0.6 is 7.82 Å². The van der Waals surface area contributed by atoms with Crippen LogP contribution in [0.25, 0.3) is 0 Å². The molecule has 0 aliphatic rings. The maximum absolute atomic E-state index is 12.7. The van der Waals surface area contributed by atoms with Crippen molar-refractivity contribution in [2.24, 2.45) is 0 Å². The molecular formula is C43H86N2O6P+. The van der Waals surface area contributed by atoms with Gasteiger partial charge in [0.2, 0.25) is 5.91 Å². The van der Waals surface area contributed by atoms with Crippen LogP contribution in [0.1, 0.15) is 194 Å². The zero-order valence-corrected chi connectivity index (χ0v) is 35.7. The second-order valence-electron chi connectivity index (χ2n) is 16.1. The highest BCUT2D eigenvalue weighted by Gasteiger charge is 2.27. The van der Waals surface area contributed by atoms with Crippen LogP contribution in [0.3, 0.4) is 0 Å². The van der Waals surface area contributed by atoms with E-state index >= 15 is 0 Å². The molecule has 0 fully saturated rings. The van der Waals surface area contributed by atoms with E-state index in [1.807, 2.05) is 27.2 Å². The fourth-order valence-corrected chi connectivity index (χ4v) is 6.91. The van der Waals surface area contributed by atoms with Crippen molar-refractivity contribution < 1.29 is 32.9 Å². The molecule has 0 aliphatic heterocycles. The molecule has 308 valence electrons. The lowest BCUT2D eigenvalue weighted by atomic mass is 10.0. The number of quaternary nitrogens is 1. The summed E-state index contributed by atoms with van der Waals surface area (Å²) in [5.41, 5.74) is 0. The zero-order chi connectivity index (χ0) is 38.6. The summed E-state index contributed by atoms with van der Waals surface area (Å²) in [6.45, 7) is 4.72. The van der Waals surface area contributed by atoms with Gasteiger partial charge < -0.3 is 19.8 Å². The summed E-state index contributed by atoms with van der Waals surface area (Å²) in [5, 5.41) is 13.7. The van der Waals surface area contributed by atoms with E-state index in [1.165, 1.54) is 135 Å². The topological polar surface area (TPSA) is 105 Å². The molecule has 0 aromatic carbocycles. The molecule has 0 aromatic rings. The molecule has 52 heavy (non-hydrogen) atoms. The number of phosphoric ester groups is 1. The van der Waals surface area contributed by atoms with E-state index in [0.29, 0.717) is 17.4 Å². The molecule has 0 aromatic heterocycles. The molecular weight excluding hydrogens is 671 g/mol. The van der Waals surface area contributed by atoms with Gasteiger partial charge in [0.05, 0.1) is 39.9 Å². The number of hydrogen-bond donors (Lipinski definition) is 3. The predicted molar refractivity (Wildman–Crippen MR) is 221 cm³/mol. The summed E-state index contributed by atoms with van der Waals surface area (Å²) < 4.78 is 23.4. The first-order chi connectivity index (χ1) is 25.0. The normalized spacial score (nSPS) is 14.7. The number of unbranched alkanes of at least 4 members (excludes halogenated alkanes) is 24. The van der Waals surface area contributed by atoms with E-state index in [4.69, 9.17) is 9.05 Å². The largest absolute Gasteiger partial charge is 0.472 e. The van der Waals surface area contributed by atoms with Crippen LogP contribution in [0, 0.1) is 0 Å². The zero-order valence-electron chi connectivity index (χ0n) is 34.8. The molecule has 3 atom stereocenters. The second kappa shape index (κ2) is 35.7. The number of nitrogens with one attached hydrogen (secondary N) is 1. The van der Waals surface area contributed by atoms with Crippen molar-refractivity contribution in [2.45, 2.75) is 206 Å². The van der Waals surface area contributed by atoms with Gasteiger partial charge in [-0.3, -0.25) is 13.8 Å². The summed E-state index contributed by atoms with van der Waals surface area (Å²) in [7, 11) is 1.56. The van der Waals surface area contributed by atoms with Gasteiger partial charge in [-0.15, -0.1) is 0 Å². The minimum absolute atomic E-state index is 0.0574. The van der Waals surface area contributed by atoms with E-state index in [-0.39, 0.29) is 19.1 Å². The lowest BCUT2D eigenvalue weighted by Crippen LogP contribution is -2.45. The smallest absolute Gasteiger partial charge is 0.387 e. The standard InChI is InChI=1S/C43H85N2O6P/c1-6-8-10-12-14-15-16-17-18-19-20-21-22-23-24-25-26-27-28-29-30-31-32-34-36-42(46)41(44-43(47)37-35-33-13-11-9-7-2)40-51-52(48,49)50-39-38-45(3,4)5/h29-30,34,36,41-42,46H,6-28,31-33,35,37-40H2,1-5H3,(H-,44,47,48,49)/p+1/b30-29+,36-34+. The predicted octanol–water partition coefficient (Wildman–Crippen LogP) is 11.7. The average molecular weight is 758 g/mol. The van der Waals surface area contributed by atoms with Crippen LogP contribution in [0.4, 0.5) is 0 Å². The number of carbonyl (C=O) groups is 1. The monoisotopic (exact) mass is 758 g/mol.